The van der Waals surface area contributed by atoms with Crippen LogP contribution in [0.15, 0.2) is 80.1 Å². The highest BCUT2D eigenvalue weighted by molar-refractivity contribution is 7.07. The first-order chi connectivity index (χ1) is 18.7. The Morgan fingerprint density at radius 1 is 1.15 bits per heavy atom. The minimum absolute atomic E-state index is 0.0129. The van der Waals surface area contributed by atoms with E-state index in [9.17, 15) is 19.5 Å². The van der Waals surface area contributed by atoms with Crippen molar-refractivity contribution < 1.29 is 23.8 Å². The van der Waals surface area contributed by atoms with E-state index in [-0.39, 0.29) is 28.3 Å². The molecule has 0 radical (unpaired) electrons. The molecule has 0 spiro atoms. The van der Waals surface area contributed by atoms with Crippen molar-refractivity contribution in [3.8, 4) is 11.3 Å². The van der Waals surface area contributed by atoms with Gasteiger partial charge in [0.15, 0.2) is 4.80 Å². The first-order valence-corrected chi connectivity index (χ1v) is 13.3. The van der Waals surface area contributed by atoms with Crippen molar-refractivity contribution >= 4 is 52.6 Å². The maximum absolute atomic E-state index is 13.7. The van der Waals surface area contributed by atoms with E-state index in [1.54, 1.807) is 62.4 Å². The third kappa shape index (κ3) is 5.08. The van der Waals surface area contributed by atoms with Gasteiger partial charge in [-0.3, -0.25) is 9.36 Å². The highest BCUT2D eigenvalue weighted by Crippen LogP contribution is 2.31. The van der Waals surface area contributed by atoms with Gasteiger partial charge in [0.2, 0.25) is 0 Å². The topological polar surface area (TPSA) is 111 Å². The lowest BCUT2D eigenvalue weighted by Gasteiger charge is -2.24. The molecule has 0 fully saturated rings. The normalized spacial score (nSPS) is 15.2. The second-order valence-corrected chi connectivity index (χ2v) is 10.4. The van der Waals surface area contributed by atoms with Crippen molar-refractivity contribution in [2.45, 2.75) is 19.9 Å². The van der Waals surface area contributed by atoms with Crippen LogP contribution in [0.4, 0.5) is 0 Å². The average Bonchev–Trinajstić information content (AvgIpc) is 3.48. The number of allylic oxidation sites excluding steroid dienone is 1. The number of fused-ring (bicyclic) bond motifs is 1. The number of nitrogens with zero attached hydrogens (tertiary/aromatic N) is 2. The minimum Gasteiger partial charge on any atom is -0.478 e. The molecule has 39 heavy (non-hydrogen) atoms. The molecule has 1 aliphatic rings. The van der Waals surface area contributed by atoms with Crippen molar-refractivity contribution in [2.24, 2.45) is 4.99 Å². The molecule has 198 valence electrons. The summed E-state index contributed by atoms with van der Waals surface area (Å²) in [5.74, 6) is -0.818. The van der Waals surface area contributed by atoms with E-state index in [4.69, 9.17) is 32.4 Å². The number of furan rings is 1. The number of carbonyl (C=O) groups excluding carboxylic acids is 1. The number of aromatic carboxylic acids is 1. The Hall–Kier alpha value is -3.92. The molecule has 2 aromatic heterocycles. The molecule has 0 saturated carbocycles. The number of aromatic nitrogens is 1. The summed E-state index contributed by atoms with van der Waals surface area (Å²) in [7, 11) is 0. The molecule has 8 nitrogen and oxygen atoms in total. The molecule has 3 heterocycles. The first kappa shape index (κ1) is 26.7. The van der Waals surface area contributed by atoms with E-state index in [2.05, 4.69) is 4.99 Å². The van der Waals surface area contributed by atoms with E-state index in [1.807, 2.05) is 0 Å². The summed E-state index contributed by atoms with van der Waals surface area (Å²) in [5, 5.41) is 9.81. The minimum atomic E-state index is -1.12. The van der Waals surface area contributed by atoms with Gasteiger partial charge in [-0.05, 0) is 55.8 Å². The van der Waals surface area contributed by atoms with Crippen LogP contribution < -0.4 is 14.9 Å². The number of carboxylic acid groups (broad SMARTS) is 1. The fourth-order valence-corrected chi connectivity index (χ4v) is 5.72. The maximum atomic E-state index is 13.7. The summed E-state index contributed by atoms with van der Waals surface area (Å²) in [6.07, 6.45) is 1.60. The zero-order chi connectivity index (χ0) is 27.8. The molecule has 5 rings (SSSR count). The second-order valence-electron chi connectivity index (χ2n) is 8.56. The van der Waals surface area contributed by atoms with Gasteiger partial charge < -0.3 is 14.3 Å². The molecule has 1 N–H and O–H groups in total. The second kappa shape index (κ2) is 10.7. The largest absolute Gasteiger partial charge is 0.478 e. The van der Waals surface area contributed by atoms with Gasteiger partial charge in [-0.15, -0.1) is 0 Å². The predicted octanol–water partition coefficient (Wildman–Crippen LogP) is 5.06. The average molecular weight is 583 g/mol. The number of benzene rings is 2. The highest BCUT2D eigenvalue weighted by Gasteiger charge is 2.33. The standard InChI is InChI=1S/C28H20Cl2N2O6S/c1-3-37-27(36)23-14(2)31-28-32(24(23)15-4-7-17(29)8-5-15)25(33)22(39-28)13-18-9-11-21(38-18)16-6-10-19(26(34)35)20(30)12-16/h4-13,24H,3H2,1-2H3,(H,34,35)/b22-13-/t24-/m1/s1. The quantitative estimate of drug-likeness (QED) is 0.318. The van der Waals surface area contributed by atoms with Crippen molar-refractivity contribution in [3.63, 3.8) is 0 Å². The fraction of sp³-hybridized carbons (Fsp3) is 0.143. The molecule has 0 amide bonds. The molecule has 4 aromatic rings. The number of hydrogen-bond acceptors (Lipinski definition) is 7. The van der Waals surface area contributed by atoms with E-state index in [0.717, 1.165) is 0 Å². The van der Waals surface area contributed by atoms with E-state index in [0.29, 0.717) is 42.7 Å². The van der Waals surface area contributed by atoms with Crippen LogP contribution in [-0.2, 0) is 9.53 Å². The molecule has 0 unspecified atom stereocenters. The van der Waals surface area contributed by atoms with Crippen LogP contribution in [0.1, 0.15) is 41.6 Å². The van der Waals surface area contributed by atoms with Gasteiger partial charge in [-0.1, -0.05) is 52.7 Å². The summed E-state index contributed by atoms with van der Waals surface area (Å²) in [6, 6.07) is 14.1. The Kier molecular flexibility index (Phi) is 7.31. The highest BCUT2D eigenvalue weighted by atomic mass is 35.5. The Balaban J connectivity index is 1.60. The van der Waals surface area contributed by atoms with Crippen LogP contribution >= 0.6 is 34.5 Å². The van der Waals surface area contributed by atoms with Gasteiger partial charge in [0, 0.05) is 16.7 Å². The summed E-state index contributed by atoms with van der Waals surface area (Å²) in [5.41, 5.74) is 1.65. The molecule has 1 atom stereocenters. The Morgan fingerprint density at radius 3 is 2.56 bits per heavy atom. The Labute approximate surface area is 235 Å². The van der Waals surface area contributed by atoms with Crippen LogP contribution in [0.5, 0.6) is 0 Å². The molecule has 0 aliphatic carbocycles. The zero-order valence-corrected chi connectivity index (χ0v) is 22.9. The Morgan fingerprint density at radius 2 is 1.90 bits per heavy atom. The van der Waals surface area contributed by atoms with Gasteiger partial charge in [-0.25, -0.2) is 14.6 Å². The van der Waals surface area contributed by atoms with Crippen molar-refractivity contribution in [3.05, 3.63) is 112 Å². The third-order valence-electron chi connectivity index (χ3n) is 6.09. The van der Waals surface area contributed by atoms with Gasteiger partial charge in [-0.2, -0.15) is 0 Å². The molecule has 1 aliphatic heterocycles. The molecular weight excluding hydrogens is 563 g/mol. The fourth-order valence-electron chi connectivity index (χ4n) is 4.31. The summed E-state index contributed by atoms with van der Waals surface area (Å²) in [6.45, 7) is 3.61. The van der Waals surface area contributed by atoms with Crippen LogP contribution in [0.25, 0.3) is 17.4 Å². The number of ether oxygens (including phenoxy) is 1. The summed E-state index contributed by atoms with van der Waals surface area (Å²) >= 11 is 13.4. The summed E-state index contributed by atoms with van der Waals surface area (Å²) in [4.78, 5) is 42.9. The third-order valence-corrected chi connectivity index (χ3v) is 7.63. The predicted molar refractivity (Wildman–Crippen MR) is 148 cm³/mol. The number of esters is 1. The molecule has 2 aromatic carbocycles. The lowest BCUT2D eigenvalue weighted by atomic mass is 9.96. The number of carboxylic acids is 1. The summed E-state index contributed by atoms with van der Waals surface area (Å²) < 4.78 is 13.1. The Bertz CT molecular complexity index is 1830. The lowest BCUT2D eigenvalue weighted by molar-refractivity contribution is -0.139. The molecular formula is C28H20Cl2N2O6S. The molecule has 0 bridgehead atoms. The number of rotatable bonds is 6. The van der Waals surface area contributed by atoms with Gasteiger partial charge >= 0.3 is 11.9 Å². The number of carbonyl (C=O) groups is 2. The lowest BCUT2D eigenvalue weighted by Crippen LogP contribution is -2.39. The molecule has 0 saturated heterocycles. The van der Waals surface area contributed by atoms with Gasteiger partial charge in [0.1, 0.15) is 11.5 Å². The van der Waals surface area contributed by atoms with E-state index >= 15 is 0 Å². The maximum Gasteiger partial charge on any atom is 0.338 e. The van der Waals surface area contributed by atoms with Crippen LogP contribution in [0, 0.1) is 0 Å². The van der Waals surface area contributed by atoms with Crippen LogP contribution in [0.2, 0.25) is 10.0 Å². The smallest absolute Gasteiger partial charge is 0.338 e. The van der Waals surface area contributed by atoms with Crippen molar-refractivity contribution in [1.29, 1.82) is 0 Å². The zero-order valence-electron chi connectivity index (χ0n) is 20.6. The van der Waals surface area contributed by atoms with Crippen LogP contribution in [-0.4, -0.2) is 28.2 Å². The van der Waals surface area contributed by atoms with E-state index in [1.165, 1.54) is 28.0 Å². The van der Waals surface area contributed by atoms with Crippen molar-refractivity contribution in [2.75, 3.05) is 6.61 Å². The SMILES string of the molecule is CCOC(=O)C1=C(C)N=c2s/c(=C\c3ccc(-c4ccc(C(=O)O)c(Cl)c4)o3)c(=O)n2[C@@H]1c1ccc(Cl)cc1. The van der Waals surface area contributed by atoms with Gasteiger partial charge in [0.05, 0.1) is 39.0 Å². The first-order valence-electron chi connectivity index (χ1n) is 11.8. The van der Waals surface area contributed by atoms with Crippen LogP contribution in [0.3, 0.4) is 0 Å². The van der Waals surface area contributed by atoms with E-state index < -0.39 is 18.0 Å². The number of thiazole rings is 1. The number of hydrogen-bond donors (Lipinski definition) is 1. The molecule has 11 heteroatoms. The van der Waals surface area contributed by atoms with Gasteiger partial charge in [0.25, 0.3) is 5.56 Å². The number of halogens is 2. The van der Waals surface area contributed by atoms with Crippen molar-refractivity contribution in [1.82, 2.24) is 4.57 Å². The monoisotopic (exact) mass is 582 g/mol.